The Balaban J connectivity index is 2.06. The molecule has 0 atom stereocenters. The molecule has 4 aromatic carbocycles. The van der Waals surface area contributed by atoms with Gasteiger partial charge < -0.3 is 8.97 Å². The maximum atomic E-state index is 8.60. The van der Waals surface area contributed by atoms with E-state index in [1.54, 1.807) is 0 Å². The Morgan fingerprint density at radius 2 is 1.26 bits per heavy atom. The number of rotatable bonds is 0. The second-order valence-corrected chi connectivity index (χ2v) is 7.40. The zero-order valence-electron chi connectivity index (χ0n) is 15.8. The van der Waals surface area contributed by atoms with Gasteiger partial charge in [-0.15, -0.1) is 0 Å². The first-order valence-corrected chi connectivity index (χ1v) is 9.29. The van der Waals surface area contributed by atoms with Gasteiger partial charge in [0.2, 0.25) is 0 Å². The first-order valence-electron chi connectivity index (χ1n) is 9.79. The Hall–Kier alpha value is -3.52. The molecule has 0 aliphatic carbocycles. The van der Waals surface area contributed by atoms with Crippen LogP contribution in [0.2, 0.25) is 0 Å². The first kappa shape index (κ1) is 12.8. The summed E-state index contributed by atoms with van der Waals surface area (Å²) >= 11 is 0. The number of benzene rings is 4. The lowest BCUT2D eigenvalue weighted by Crippen LogP contribution is -1.88. The molecule has 0 saturated carbocycles. The number of hydrogen-bond donors (Lipinski definition) is 0. The lowest BCUT2D eigenvalue weighted by molar-refractivity contribution is 1.01. The van der Waals surface area contributed by atoms with Crippen LogP contribution in [-0.2, 0) is 7.05 Å². The zero-order chi connectivity index (χ0) is 18.6. The number of para-hydroxylation sites is 2. The highest BCUT2D eigenvalue weighted by Crippen LogP contribution is 2.42. The fraction of sp³-hybridized carbons (Fsp3) is 0.0400. The minimum absolute atomic E-state index is 0.571. The van der Waals surface area contributed by atoms with Crippen LogP contribution in [0, 0.1) is 0 Å². The van der Waals surface area contributed by atoms with Gasteiger partial charge in [0.05, 0.1) is 23.4 Å². The Labute approximate surface area is 156 Å². The molecular formula is C25H16N2. The molecule has 3 heterocycles. The van der Waals surface area contributed by atoms with Crippen molar-refractivity contribution in [1.29, 1.82) is 0 Å². The predicted octanol–water partition coefficient (Wildman–Crippen LogP) is 6.48. The second-order valence-electron chi connectivity index (χ2n) is 7.40. The minimum atomic E-state index is 0.571. The van der Waals surface area contributed by atoms with Crippen molar-refractivity contribution in [3.05, 3.63) is 78.8 Å². The van der Waals surface area contributed by atoms with Crippen molar-refractivity contribution in [3.8, 4) is 0 Å². The molecule has 0 spiro atoms. The van der Waals surface area contributed by atoms with Gasteiger partial charge in [-0.3, -0.25) is 0 Å². The van der Waals surface area contributed by atoms with Crippen molar-refractivity contribution in [2.75, 3.05) is 0 Å². The Morgan fingerprint density at radius 3 is 2.19 bits per heavy atom. The van der Waals surface area contributed by atoms with Gasteiger partial charge in [-0.1, -0.05) is 54.6 Å². The summed E-state index contributed by atoms with van der Waals surface area (Å²) < 4.78 is 13.2. The molecule has 0 aliphatic rings. The summed E-state index contributed by atoms with van der Waals surface area (Å²) in [6.45, 7) is 0. The topological polar surface area (TPSA) is 9.34 Å². The SMILES string of the molecule is [2H]c1ccc2c3c4c(cccc4n(C)c13)c1cccc3c4ccccc4n2c13. The fourth-order valence-corrected chi connectivity index (χ4v) is 5.09. The van der Waals surface area contributed by atoms with Crippen LogP contribution in [0.1, 0.15) is 1.37 Å². The molecule has 0 unspecified atom stereocenters. The first-order chi connectivity index (χ1) is 13.8. The zero-order valence-corrected chi connectivity index (χ0v) is 14.8. The monoisotopic (exact) mass is 345 g/mol. The van der Waals surface area contributed by atoms with Crippen LogP contribution in [0.4, 0.5) is 0 Å². The van der Waals surface area contributed by atoms with E-state index in [2.05, 4.69) is 82.7 Å². The smallest absolute Gasteiger partial charge is 0.0645 e. The highest BCUT2D eigenvalue weighted by molar-refractivity contribution is 6.30. The number of hydrogen-bond acceptors (Lipinski definition) is 0. The van der Waals surface area contributed by atoms with Crippen LogP contribution in [0.15, 0.2) is 78.8 Å². The summed E-state index contributed by atoms with van der Waals surface area (Å²) in [6.07, 6.45) is 0. The third-order valence-corrected chi connectivity index (χ3v) is 6.17. The van der Waals surface area contributed by atoms with Gasteiger partial charge in [0.1, 0.15) is 0 Å². The van der Waals surface area contributed by atoms with Crippen molar-refractivity contribution < 1.29 is 1.37 Å². The quantitative estimate of drug-likeness (QED) is 0.297. The molecule has 2 heteroatoms. The molecular weight excluding hydrogens is 328 g/mol. The number of aromatic nitrogens is 2. The molecule has 0 radical (unpaired) electrons. The van der Waals surface area contributed by atoms with Crippen molar-refractivity contribution in [1.82, 2.24) is 8.97 Å². The molecule has 0 N–H and O–H groups in total. The second kappa shape index (κ2) is 4.41. The summed E-state index contributed by atoms with van der Waals surface area (Å²) in [4.78, 5) is 0. The van der Waals surface area contributed by atoms with Gasteiger partial charge >= 0.3 is 0 Å². The van der Waals surface area contributed by atoms with E-state index < -0.39 is 0 Å². The molecule has 2 nitrogen and oxygen atoms in total. The number of nitrogens with zero attached hydrogens (tertiary/aromatic N) is 2. The number of aryl methyl sites for hydroxylation is 1. The molecule has 7 rings (SSSR count). The van der Waals surface area contributed by atoms with E-state index in [1.807, 2.05) is 6.07 Å². The molecule has 0 fully saturated rings. The van der Waals surface area contributed by atoms with Crippen LogP contribution in [-0.4, -0.2) is 8.97 Å². The molecule has 0 amide bonds. The lowest BCUT2D eigenvalue weighted by Gasteiger charge is -2.03. The van der Waals surface area contributed by atoms with E-state index in [0.717, 1.165) is 5.52 Å². The van der Waals surface area contributed by atoms with E-state index in [-0.39, 0.29) is 0 Å². The highest BCUT2D eigenvalue weighted by atomic mass is 15.0. The van der Waals surface area contributed by atoms with E-state index in [0.29, 0.717) is 6.04 Å². The largest absolute Gasteiger partial charge is 0.344 e. The summed E-state index contributed by atoms with van der Waals surface area (Å²) in [5, 5.41) is 7.50. The van der Waals surface area contributed by atoms with E-state index in [1.165, 1.54) is 54.4 Å². The average Bonchev–Trinajstić information content (AvgIpc) is 3.18. The molecule has 126 valence electrons. The Morgan fingerprint density at radius 1 is 0.593 bits per heavy atom. The Kier molecular flexibility index (Phi) is 2.09. The summed E-state index contributed by atoms with van der Waals surface area (Å²) in [5.41, 5.74) is 5.82. The van der Waals surface area contributed by atoms with Crippen LogP contribution in [0.5, 0.6) is 0 Å². The molecule has 0 saturated heterocycles. The Bertz CT molecular complexity index is 1730. The fourth-order valence-electron chi connectivity index (χ4n) is 5.09. The van der Waals surface area contributed by atoms with Crippen molar-refractivity contribution >= 4 is 59.9 Å². The van der Waals surface area contributed by atoms with Crippen LogP contribution >= 0.6 is 0 Å². The van der Waals surface area contributed by atoms with E-state index >= 15 is 0 Å². The van der Waals surface area contributed by atoms with Gasteiger partial charge in [-0.05, 0) is 29.6 Å². The van der Waals surface area contributed by atoms with Crippen molar-refractivity contribution in [2.24, 2.45) is 7.05 Å². The third-order valence-electron chi connectivity index (χ3n) is 6.17. The summed E-state index contributed by atoms with van der Waals surface area (Å²) in [6, 6.07) is 26.4. The van der Waals surface area contributed by atoms with Crippen LogP contribution in [0.25, 0.3) is 59.9 Å². The predicted molar refractivity (Wildman–Crippen MR) is 115 cm³/mol. The van der Waals surface area contributed by atoms with Gasteiger partial charge in [0.15, 0.2) is 0 Å². The van der Waals surface area contributed by atoms with E-state index in [4.69, 9.17) is 1.37 Å². The number of fused-ring (bicyclic) bond motifs is 5. The molecule has 0 aliphatic heterocycles. The normalized spacial score (nSPS) is 13.1. The summed E-state index contributed by atoms with van der Waals surface area (Å²) in [7, 11) is 2.08. The van der Waals surface area contributed by atoms with Crippen LogP contribution < -0.4 is 0 Å². The minimum Gasteiger partial charge on any atom is -0.344 e. The summed E-state index contributed by atoms with van der Waals surface area (Å²) in [5.74, 6) is 0. The van der Waals surface area contributed by atoms with Gasteiger partial charge in [-0.2, -0.15) is 0 Å². The molecule has 3 aromatic heterocycles. The van der Waals surface area contributed by atoms with Crippen molar-refractivity contribution in [3.63, 3.8) is 0 Å². The maximum Gasteiger partial charge on any atom is 0.0645 e. The van der Waals surface area contributed by atoms with Crippen LogP contribution in [0.3, 0.4) is 0 Å². The van der Waals surface area contributed by atoms with Gasteiger partial charge in [0.25, 0.3) is 0 Å². The average molecular weight is 345 g/mol. The maximum absolute atomic E-state index is 8.60. The van der Waals surface area contributed by atoms with Crippen molar-refractivity contribution in [2.45, 2.75) is 0 Å². The lowest BCUT2D eigenvalue weighted by atomic mass is 10.0. The molecule has 0 bridgehead atoms. The highest BCUT2D eigenvalue weighted by Gasteiger charge is 2.19. The standard InChI is InChI=1S/C25H16N2/c1-26-20-12-5-8-16-18-10-4-9-17-15-7-2-3-11-19(15)27(25(17)18)22-14-6-13-21(26)24(22)23(16)20/h2-14H,1H3/i13D. The molecule has 27 heavy (non-hydrogen) atoms. The third kappa shape index (κ3) is 1.42. The van der Waals surface area contributed by atoms with Gasteiger partial charge in [0, 0.05) is 39.5 Å². The molecule has 7 aromatic rings. The van der Waals surface area contributed by atoms with Gasteiger partial charge in [-0.25, -0.2) is 0 Å². The van der Waals surface area contributed by atoms with E-state index in [9.17, 15) is 0 Å².